The molecular formula is C13H16N2O2. The van der Waals surface area contributed by atoms with Crippen molar-refractivity contribution in [2.24, 2.45) is 0 Å². The molecular weight excluding hydrogens is 216 g/mol. The minimum atomic E-state index is 0.136. The predicted octanol–water partition coefficient (Wildman–Crippen LogP) is 1.33. The van der Waals surface area contributed by atoms with E-state index in [4.69, 9.17) is 9.84 Å². The van der Waals surface area contributed by atoms with Gasteiger partial charge in [0.1, 0.15) is 11.3 Å². The second-order valence-corrected chi connectivity index (χ2v) is 3.73. The van der Waals surface area contributed by atoms with E-state index in [1.807, 2.05) is 30.3 Å². The molecule has 0 radical (unpaired) electrons. The molecule has 0 unspecified atom stereocenters. The van der Waals surface area contributed by atoms with Crippen molar-refractivity contribution in [3.05, 3.63) is 36.0 Å². The molecule has 0 saturated heterocycles. The molecule has 0 saturated carbocycles. The number of aliphatic hydroxyl groups excluding tert-OH is 1. The van der Waals surface area contributed by atoms with Gasteiger partial charge in [0.25, 0.3) is 0 Å². The minimum Gasteiger partial charge on any atom is -0.494 e. The summed E-state index contributed by atoms with van der Waals surface area (Å²) in [4.78, 5) is 4.55. The molecule has 1 heterocycles. The first kappa shape index (κ1) is 11.8. The van der Waals surface area contributed by atoms with E-state index in [2.05, 4.69) is 10.3 Å². The second kappa shape index (κ2) is 5.61. The largest absolute Gasteiger partial charge is 0.494 e. The van der Waals surface area contributed by atoms with Crippen LogP contribution >= 0.6 is 0 Å². The van der Waals surface area contributed by atoms with E-state index in [0.29, 0.717) is 13.1 Å². The molecule has 0 aliphatic rings. The third-order valence-corrected chi connectivity index (χ3v) is 2.56. The number of fused-ring (bicyclic) bond motifs is 1. The highest BCUT2D eigenvalue weighted by molar-refractivity contribution is 5.84. The van der Waals surface area contributed by atoms with Gasteiger partial charge in [-0.05, 0) is 12.1 Å². The normalized spacial score (nSPS) is 10.7. The SMILES string of the molecule is COc1cccc2ccc(CNCCO)nc12. The summed E-state index contributed by atoms with van der Waals surface area (Å²) in [5, 5.41) is 12.9. The molecule has 90 valence electrons. The lowest BCUT2D eigenvalue weighted by atomic mass is 10.2. The summed E-state index contributed by atoms with van der Waals surface area (Å²) in [6.45, 7) is 1.36. The summed E-state index contributed by atoms with van der Waals surface area (Å²) in [6, 6.07) is 9.87. The fraction of sp³-hybridized carbons (Fsp3) is 0.308. The van der Waals surface area contributed by atoms with Crippen LogP contribution in [-0.4, -0.2) is 30.4 Å². The average molecular weight is 232 g/mol. The molecule has 1 aromatic heterocycles. The van der Waals surface area contributed by atoms with Gasteiger partial charge in [0.05, 0.1) is 19.4 Å². The van der Waals surface area contributed by atoms with Crippen LogP contribution in [0.4, 0.5) is 0 Å². The van der Waals surface area contributed by atoms with Crippen molar-refractivity contribution < 1.29 is 9.84 Å². The number of aliphatic hydroxyl groups is 1. The predicted molar refractivity (Wildman–Crippen MR) is 67.1 cm³/mol. The standard InChI is InChI=1S/C13H16N2O2/c1-17-12-4-2-3-10-5-6-11(15-13(10)12)9-14-7-8-16/h2-6,14,16H,7-9H2,1H3. The Hall–Kier alpha value is -1.65. The van der Waals surface area contributed by atoms with Gasteiger partial charge >= 0.3 is 0 Å². The van der Waals surface area contributed by atoms with Gasteiger partial charge in [0.15, 0.2) is 0 Å². The Balaban J connectivity index is 2.28. The van der Waals surface area contributed by atoms with Gasteiger partial charge in [0.2, 0.25) is 0 Å². The second-order valence-electron chi connectivity index (χ2n) is 3.73. The molecule has 2 rings (SSSR count). The quantitative estimate of drug-likeness (QED) is 0.763. The zero-order valence-electron chi connectivity index (χ0n) is 9.81. The van der Waals surface area contributed by atoms with Crippen LogP contribution < -0.4 is 10.1 Å². The maximum atomic E-state index is 8.70. The Labute approximate surface area is 100 Å². The third-order valence-electron chi connectivity index (χ3n) is 2.56. The Kier molecular flexibility index (Phi) is 3.90. The van der Waals surface area contributed by atoms with Crippen molar-refractivity contribution in [2.45, 2.75) is 6.54 Å². The van der Waals surface area contributed by atoms with E-state index in [1.165, 1.54) is 0 Å². The first-order valence-electron chi connectivity index (χ1n) is 5.59. The van der Waals surface area contributed by atoms with Gasteiger partial charge in [-0.2, -0.15) is 0 Å². The Morgan fingerprint density at radius 3 is 2.94 bits per heavy atom. The summed E-state index contributed by atoms with van der Waals surface area (Å²) in [5.74, 6) is 0.784. The number of rotatable bonds is 5. The van der Waals surface area contributed by atoms with Crippen LogP contribution in [0.25, 0.3) is 10.9 Å². The first-order chi connectivity index (χ1) is 8.35. The monoisotopic (exact) mass is 232 g/mol. The fourth-order valence-corrected chi connectivity index (χ4v) is 1.72. The van der Waals surface area contributed by atoms with Crippen LogP contribution in [0.2, 0.25) is 0 Å². The van der Waals surface area contributed by atoms with E-state index < -0.39 is 0 Å². The van der Waals surface area contributed by atoms with Gasteiger partial charge in [-0.15, -0.1) is 0 Å². The Morgan fingerprint density at radius 2 is 2.18 bits per heavy atom. The highest BCUT2D eigenvalue weighted by atomic mass is 16.5. The smallest absolute Gasteiger partial charge is 0.145 e. The number of hydrogen-bond acceptors (Lipinski definition) is 4. The summed E-state index contributed by atoms with van der Waals surface area (Å²) in [7, 11) is 1.65. The van der Waals surface area contributed by atoms with Crippen LogP contribution in [-0.2, 0) is 6.54 Å². The van der Waals surface area contributed by atoms with Crippen LogP contribution in [0.5, 0.6) is 5.75 Å². The Bertz CT molecular complexity index is 500. The Morgan fingerprint density at radius 1 is 1.29 bits per heavy atom. The fourth-order valence-electron chi connectivity index (χ4n) is 1.72. The summed E-state index contributed by atoms with van der Waals surface area (Å²) < 4.78 is 5.29. The molecule has 2 N–H and O–H groups in total. The van der Waals surface area contributed by atoms with Crippen molar-refractivity contribution in [1.82, 2.24) is 10.3 Å². The molecule has 0 aliphatic heterocycles. The van der Waals surface area contributed by atoms with E-state index in [9.17, 15) is 0 Å². The average Bonchev–Trinajstić information content (AvgIpc) is 2.38. The number of pyridine rings is 1. The number of para-hydroxylation sites is 1. The number of benzene rings is 1. The van der Waals surface area contributed by atoms with E-state index in [-0.39, 0.29) is 6.61 Å². The van der Waals surface area contributed by atoms with Gasteiger partial charge in [-0.1, -0.05) is 18.2 Å². The van der Waals surface area contributed by atoms with Crippen LogP contribution in [0.3, 0.4) is 0 Å². The first-order valence-corrected chi connectivity index (χ1v) is 5.59. The van der Waals surface area contributed by atoms with Crippen molar-refractivity contribution in [2.75, 3.05) is 20.3 Å². The molecule has 0 spiro atoms. The molecule has 17 heavy (non-hydrogen) atoms. The number of nitrogens with zero attached hydrogens (tertiary/aromatic N) is 1. The van der Waals surface area contributed by atoms with Crippen molar-refractivity contribution in [1.29, 1.82) is 0 Å². The molecule has 4 heteroatoms. The van der Waals surface area contributed by atoms with Gasteiger partial charge in [-0.3, -0.25) is 0 Å². The van der Waals surface area contributed by atoms with Crippen molar-refractivity contribution >= 4 is 10.9 Å². The van der Waals surface area contributed by atoms with Crippen molar-refractivity contribution in [3.63, 3.8) is 0 Å². The van der Waals surface area contributed by atoms with Crippen molar-refractivity contribution in [3.8, 4) is 5.75 Å². The lowest BCUT2D eigenvalue weighted by molar-refractivity contribution is 0.291. The van der Waals surface area contributed by atoms with E-state index in [0.717, 1.165) is 22.3 Å². The number of aromatic nitrogens is 1. The van der Waals surface area contributed by atoms with Gasteiger partial charge in [0, 0.05) is 18.5 Å². The number of methoxy groups -OCH3 is 1. The number of hydrogen-bond donors (Lipinski definition) is 2. The molecule has 0 atom stereocenters. The number of nitrogens with one attached hydrogen (secondary N) is 1. The molecule has 1 aromatic carbocycles. The minimum absolute atomic E-state index is 0.136. The van der Waals surface area contributed by atoms with Crippen LogP contribution in [0, 0.1) is 0 Å². The summed E-state index contributed by atoms with van der Waals surface area (Å²) in [6.07, 6.45) is 0. The molecule has 4 nitrogen and oxygen atoms in total. The van der Waals surface area contributed by atoms with Crippen LogP contribution in [0.15, 0.2) is 30.3 Å². The maximum absolute atomic E-state index is 8.70. The maximum Gasteiger partial charge on any atom is 0.145 e. The zero-order valence-corrected chi connectivity index (χ0v) is 9.81. The third kappa shape index (κ3) is 2.72. The molecule has 0 fully saturated rings. The molecule has 0 bridgehead atoms. The summed E-state index contributed by atoms with van der Waals surface area (Å²) in [5.41, 5.74) is 1.81. The summed E-state index contributed by atoms with van der Waals surface area (Å²) >= 11 is 0. The lowest BCUT2D eigenvalue weighted by Gasteiger charge is -2.07. The highest BCUT2D eigenvalue weighted by Crippen LogP contribution is 2.23. The number of ether oxygens (including phenoxy) is 1. The lowest BCUT2D eigenvalue weighted by Crippen LogP contribution is -2.18. The van der Waals surface area contributed by atoms with Crippen LogP contribution in [0.1, 0.15) is 5.69 Å². The topological polar surface area (TPSA) is 54.4 Å². The molecule has 2 aromatic rings. The van der Waals surface area contributed by atoms with Gasteiger partial charge in [-0.25, -0.2) is 4.98 Å². The highest BCUT2D eigenvalue weighted by Gasteiger charge is 2.03. The molecule has 0 aliphatic carbocycles. The van der Waals surface area contributed by atoms with E-state index in [1.54, 1.807) is 7.11 Å². The van der Waals surface area contributed by atoms with Gasteiger partial charge < -0.3 is 15.2 Å². The zero-order chi connectivity index (χ0) is 12.1. The molecule has 0 amide bonds. The van der Waals surface area contributed by atoms with E-state index >= 15 is 0 Å².